The Labute approximate surface area is 129 Å². The van der Waals surface area contributed by atoms with Crippen LogP contribution in [0.15, 0.2) is 36.4 Å². The van der Waals surface area contributed by atoms with E-state index in [1.54, 1.807) is 11.1 Å². The molecule has 0 spiro atoms. The van der Waals surface area contributed by atoms with Crippen LogP contribution >= 0.6 is 22.9 Å². The van der Waals surface area contributed by atoms with Crippen molar-refractivity contribution in [1.82, 2.24) is 0 Å². The fourth-order valence-electron chi connectivity index (χ4n) is 3.94. The molecule has 1 heterocycles. The van der Waals surface area contributed by atoms with Gasteiger partial charge < -0.3 is 0 Å². The van der Waals surface area contributed by atoms with Crippen molar-refractivity contribution in [2.75, 3.05) is 0 Å². The predicted molar refractivity (Wildman–Crippen MR) is 86.8 cm³/mol. The molecule has 1 saturated carbocycles. The van der Waals surface area contributed by atoms with Gasteiger partial charge in [0.05, 0.1) is 5.38 Å². The molecule has 4 unspecified atom stereocenters. The molecule has 20 heavy (non-hydrogen) atoms. The monoisotopic (exact) mass is 302 g/mol. The number of halogens is 1. The molecule has 2 aliphatic rings. The van der Waals surface area contributed by atoms with Gasteiger partial charge in [0.2, 0.25) is 0 Å². The molecule has 1 aromatic heterocycles. The Balaban J connectivity index is 1.60. The molecule has 1 fully saturated rings. The molecule has 0 bridgehead atoms. The minimum absolute atomic E-state index is 0.210. The summed E-state index contributed by atoms with van der Waals surface area (Å²) in [5.41, 5.74) is 3.13. The standard InChI is InChI=1S/C18H19ClS/c1-2-12-8-10-15(20-12)18(19)17-14-9-7-11-5-3-4-6-13(11)16(14)17/h3-6,8,10,14,16-18H,2,7,9H2,1H3. The topological polar surface area (TPSA) is 0 Å². The van der Waals surface area contributed by atoms with Crippen LogP contribution in [0.25, 0.3) is 0 Å². The molecule has 4 rings (SSSR count). The largest absolute Gasteiger partial charge is 0.144 e. The Morgan fingerprint density at radius 3 is 2.90 bits per heavy atom. The Bertz CT molecular complexity index is 630. The normalized spacial score (nSPS) is 28.6. The zero-order valence-corrected chi connectivity index (χ0v) is 13.3. The van der Waals surface area contributed by atoms with Crippen LogP contribution < -0.4 is 0 Å². The van der Waals surface area contributed by atoms with Gasteiger partial charge in [-0.05, 0) is 60.3 Å². The molecule has 4 atom stereocenters. The van der Waals surface area contributed by atoms with Crippen molar-refractivity contribution in [3.63, 3.8) is 0 Å². The Morgan fingerprint density at radius 2 is 2.10 bits per heavy atom. The molecule has 0 radical (unpaired) electrons. The van der Waals surface area contributed by atoms with E-state index in [0.29, 0.717) is 5.92 Å². The van der Waals surface area contributed by atoms with E-state index in [4.69, 9.17) is 11.6 Å². The lowest BCUT2D eigenvalue weighted by atomic mass is 9.92. The quantitative estimate of drug-likeness (QED) is 0.651. The number of hydrogen-bond donors (Lipinski definition) is 0. The summed E-state index contributed by atoms with van der Waals surface area (Å²) in [5.74, 6) is 2.19. The Kier molecular flexibility index (Phi) is 3.16. The number of aryl methyl sites for hydroxylation is 2. The van der Waals surface area contributed by atoms with E-state index in [0.717, 1.165) is 18.3 Å². The van der Waals surface area contributed by atoms with Crippen LogP contribution in [0.3, 0.4) is 0 Å². The summed E-state index contributed by atoms with van der Waals surface area (Å²) < 4.78 is 0. The van der Waals surface area contributed by atoms with E-state index in [1.165, 1.54) is 22.6 Å². The van der Waals surface area contributed by atoms with Crippen LogP contribution in [-0.2, 0) is 12.8 Å². The summed E-state index contributed by atoms with van der Waals surface area (Å²) in [4.78, 5) is 2.83. The van der Waals surface area contributed by atoms with Crippen molar-refractivity contribution >= 4 is 22.9 Å². The second-order valence-corrected chi connectivity index (χ2v) is 7.73. The maximum absolute atomic E-state index is 6.83. The number of thiophene rings is 1. The fraction of sp³-hybridized carbons (Fsp3) is 0.444. The van der Waals surface area contributed by atoms with Crippen LogP contribution in [0.4, 0.5) is 0 Å². The van der Waals surface area contributed by atoms with Crippen molar-refractivity contribution in [2.24, 2.45) is 11.8 Å². The van der Waals surface area contributed by atoms with Gasteiger partial charge in [0, 0.05) is 9.75 Å². The van der Waals surface area contributed by atoms with E-state index in [9.17, 15) is 0 Å². The maximum Gasteiger partial charge on any atom is 0.0715 e. The molecule has 2 aliphatic carbocycles. The second kappa shape index (κ2) is 4.89. The van der Waals surface area contributed by atoms with Gasteiger partial charge in [0.1, 0.15) is 0 Å². The highest BCUT2D eigenvalue weighted by molar-refractivity contribution is 7.12. The van der Waals surface area contributed by atoms with Gasteiger partial charge in [0.25, 0.3) is 0 Å². The lowest BCUT2D eigenvalue weighted by molar-refractivity contribution is 0.624. The fourth-order valence-corrected chi connectivity index (χ4v) is 5.48. The van der Waals surface area contributed by atoms with Crippen molar-refractivity contribution in [1.29, 1.82) is 0 Å². The SMILES string of the molecule is CCc1ccc(C(Cl)C2C3CCc4ccccc4C32)s1. The van der Waals surface area contributed by atoms with Crippen molar-refractivity contribution in [3.8, 4) is 0 Å². The Hall–Kier alpha value is -0.790. The smallest absolute Gasteiger partial charge is 0.0715 e. The number of hydrogen-bond acceptors (Lipinski definition) is 1. The van der Waals surface area contributed by atoms with E-state index in [-0.39, 0.29) is 5.38 Å². The molecule has 0 nitrogen and oxygen atoms in total. The third-order valence-electron chi connectivity index (χ3n) is 5.03. The summed E-state index contributed by atoms with van der Waals surface area (Å²) in [6, 6.07) is 13.5. The third kappa shape index (κ3) is 1.95. The zero-order chi connectivity index (χ0) is 13.7. The van der Waals surface area contributed by atoms with Gasteiger partial charge in [-0.1, -0.05) is 31.2 Å². The Morgan fingerprint density at radius 1 is 1.25 bits per heavy atom. The zero-order valence-electron chi connectivity index (χ0n) is 11.7. The van der Waals surface area contributed by atoms with Crippen molar-refractivity contribution in [3.05, 3.63) is 57.3 Å². The summed E-state index contributed by atoms with van der Waals surface area (Å²) in [6.07, 6.45) is 3.68. The molecule has 104 valence electrons. The van der Waals surface area contributed by atoms with Gasteiger partial charge in [-0.3, -0.25) is 0 Å². The minimum Gasteiger partial charge on any atom is -0.144 e. The molecule has 0 N–H and O–H groups in total. The average Bonchev–Trinajstić information content (AvgIpc) is 3.04. The van der Waals surface area contributed by atoms with Crippen LogP contribution in [-0.4, -0.2) is 0 Å². The number of rotatable bonds is 3. The lowest BCUT2D eigenvalue weighted by Gasteiger charge is -2.13. The van der Waals surface area contributed by atoms with Gasteiger partial charge in [-0.2, -0.15) is 0 Å². The molecule has 0 aliphatic heterocycles. The molecular weight excluding hydrogens is 284 g/mol. The summed E-state index contributed by atoms with van der Waals surface area (Å²) in [7, 11) is 0. The van der Waals surface area contributed by atoms with Gasteiger partial charge in [0.15, 0.2) is 0 Å². The number of benzene rings is 1. The number of alkyl halides is 1. The van der Waals surface area contributed by atoms with Gasteiger partial charge in [-0.15, -0.1) is 22.9 Å². The van der Waals surface area contributed by atoms with Crippen molar-refractivity contribution < 1.29 is 0 Å². The summed E-state index contributed by atoms with van der Waals surface area (Å²) >= 11 is 8.73. The third-order valence-corrected chi connectivity index (χ3v) is 7.00. The predicted octanol–water partition coefficient (Wildman–Crippen LogP) is 5.57. The first kappa shape index (κ1) is 12.9. The molecule has 0 saturated heterocycles. The first-order chi connectivity index (χ1) is 9.79. The van der Waals surface area contributed by atoms with Gasteiger partial charge in [-0.25, -0.2) is 0 Å². The molecule has 2 heteroatoms. The molecule has 1 aromatic carbocycles. The van der Waals surface area contributed by atoms with Gasteiger partial charge >= 0.3 is 0 Å². The summed E-state index contributed by atoms with van der Waals surface area (Å²) in [6.45, 7) is 2.21. The van der Waals surface area contributed by atoms with Crippen LogP contribution in [0.5, 0.6) is 0 Å². The second-order valence-electron chi connectivity index (χ2n) is 6.06. The summed E-state index contributed by atoms with van der Waals surface area (Å²) in [5, 5.41) is 0.210. The average molecular weight is 303 g/mol. The van der Waals surface area contributed by atoms with Crippen LogP contribution in [0.2, 0.25) is 0 Å². The molecule has 2 aromatic rings. The maximum atomic E-state index is 6.83. The molecular formula is C18H19ClS. The first-order valence-corrected chi connectivity index (χ1v) is 8.85. The lowest BCUT2D eigenvalue weighted by Crippen LogP contribution is -2.00. The van der Waals surface area contributed by atoms with E-state index in [1.807, 2.05) is 11.3 Å². The highest BCUT2D eigenvalue weighted by Gasteiger charge is 2.56. The highest BCUT2D eigenvalue weighted by atomic mass is 35.5. The van der Waals surface area contributed by atoms with E-state index in [2.05, 4.69) is 43.3 Å². The van der Waals surface area contributed by atoms with Crippen LogP contribution in [0, 0.1) is 11.8 Å². The molecule has 0 amide bonds. The van der Waals surface area contributed by atoms with E-state index < -0.39 is 0 Å². The van der Waals surface area contributed by atoms with E-state index >= 15 is 0 Å². The minimum atomic E-state index is 0.210. The van der Waals surface area contributed by atoms with Crippen LogP contribution in [0.1, 0.15) is 45.5 Å². The first-order valence-electron chi connectivity index (χ1n) is 7.60. The highest BCUT2D eigenvalue weighted by Crippen LogP contribution is 2.66. The van der Waals surface area contributed by atoms with Crippen molar-refractivity contribution in [2.45, 2.75) is 37.5 Å². The number of fused-ring (bicyclic) bond motifs is 3.